The lowest BCUT2D eigenvalue weighted by molar-refractivity contribution is -0.136. The summed E-state index contributed by atoms with van der Waals surface area (Å²) < 4.78 is 4.58. The van der Waals surface area contributed by atoms with E-state index in [4.69, 9.17) is 11.6 Å². The number of alkyl halides is 1. The third kappa shape index (κ3) is 7.46. The Bertz CT molecular complexity index is 236. The lowest BCUT2D eigenvalue weighted by Crippen LogP contribution is -2.05. The summed E-state index contributed by atoms with van der Waals surface area (Å²) in [5.41, 5.74) is 0.525. The van der Waals surface area contributed by atoms with Crippen LogP contribution < -0.4 is 0 Å². The zero-order valence-corrected chi connectivity index (χ0v) is 10.5. The van der Waals surface area contributed by atoms with E-state index in [2.05, 4.69) is 4.74 Å². The fraction of sp³-hybridized carbons (Fsp3) is 0.667. The molecule has 0 saturated heterocycles. The third-order valence-electron chi connectivity index (χ3n) is 2.26. The van der Waals surface area contributed by atoms with Crippen LogP contribution in [0.15, 0.2) is 11.6 Å². The van der Waals surface area contributed by atoms with Crippen molar-refractivity contribution in [2.24, 2.45) is 0 Å². The molecule has 0 bridgehead atoms. The summed E-state index contributed by atoms with van der Waals surface area (Å²) in [5.74, 6) is -0.159. The van der Waals surface area contributed by atoms with E-state index in [9.17, 15) is 9.59 Å². The number of halogens is 1. The normalized spacial score (nSPS) is 11.2. The van der Waals surface area contributed by atoms with Gasteiger partial charge in [-0.25, -0.2) is 4.79 Å². The molecule has 0 aromatic carbocycles. The molecule has 0 aliphatic heterocycles. The van der Waals surface area contributed by atoms with Crippen LogP contribution in [0.25, 0.3) is 0 Å². The first-order valence-corrected chi connectivity index (χ1v) is 6.06. The minimum atomic E-state index is -0.351. The molecule has 0 N–H and O–H groups in total. The quantitative estimate of drug-likeness (QED) is 0.207. The second kappa shape index (κ2) is 10.7. The molecule has 0 aromatic rings. The fourth-order valence-corrected chi connectivity index (χ4v) is 1.54. The highest BCUT2D eigenvalue weighted by Gasteiger charge is 2.06. The molecule has 0 aromatic heterocycles. The van der Waals surface area contributed by atoms with Gasteiger partial charge in [-0.1, -0.05) is 18.9 Å². The van der Waals surface area contributed by atoms with Crippen LogP contribution in [-0.2, 0) is 14.3 Å². The van der Waals surface area contributed by atoms with Crippen LogP contribution >= 0.6 is 11.6 Å². The lowest BCUT2D eigenvalue weighted by Gasteiger charge is -2.01. The molecule has 0 heterocycles. The van der Waals surface area contributed by atoms with Crippen LogP contribution in [0.4, 0.5) is 0 Å². The van der Waals surface area contributed by atoms with Crippen LogP contribution in [-0.4, -0.2) is 25.2 Å². The Morgan fingerprint density at radius 2 is 1.81 bits per heavy atom. The number of aldehydes is 1. The van der Waals surface area contributed by atoms with Crippen molar-refractivity contribution >= 4 is 23.9 Å². The summed E-state index contributed by atoms with van der Waals surface area (Å²) in [5, 5.41) is 0. The number of methoxy groups -OCH3 is 1. The molecular formula is C12H19ClO3. The van der Waals surface area contributed by atoms with Gasteiger partial charge < -0.3 is 9.53 Å². The topological polar surface area (TPSA) is 43.4 Å². The minimum absolute atomic E-state index is 0.192. The molecule has 3 nitrogen and oxygen atoms in total. The molecular weight excluding hydrogens is 228 g/mol. The van der Waals surface area contributed by atoms with Crippen LogP contribution in [0.3, 0.4) is 0 Å². The number of allylic oxidation sites excluding steroid dienone is 1. The van der Waals surface area contributed by atoms with Gasteiger partial charge in [0.2, 0.25) is 0 Å². The number of ether oxygens (including phenoxy) is 1. The Hall–Kier alpha value is -0.830. The molecule has 0 atom stereocenters. The zero-order chi connectivity index (χ0) is 12.2. The molecule has 0 aliphatic carbocycles. The maximum absolute atomic E-state index is 11.1. The van der Waals surface area contributed by atoms with Gasteiger partial charge in [0, 0.05) is 12.0 Å². The highest BCUT2D eigenvalue weighted by atomic mass is 35.5. The smallest absolute Gasteiger partial charge is 0.334 e. The van der Waals surface area contributed by atoms with E-state index in [-0.39, 0.29) is 11.8 Å². The summed E-state index contributed by atoms with van der Waals surface area (Å²) in [4.78, 5) is 21.2. The number of hydrogen-bond donors (Lipinski definition) is 0. The maximum atomic E-state index is 11.1. The molecule has 92 valence electrons. The van der Waals surface area contributed by atoms with Crippen molar-refractivity contribution in [3.63, 3.8) is 0 Å². The zero-order valence-electron chi connectivity index (χ0n) is 9.71. The van der Waals surface area contributed by atoms with Crippen LogP contribution in [0.1, 0.15) is 38.5 Å². The molecule has 0 spiro atoms. The number of carbonyl (C=O) groups is 2. The van der Waals surface area contributed by atoms with E-state index in [0.717, 1.165) is 38.4 Å². The first-order chi connectivity index (χ1) is 7.76. The average molecular weight is 247 g/mol. The maximum Gasteiger partial charge on any atom is 0.334 e. The highest BCUT2D eigenvalue weighted by Crippen LogP contribution is 2.08. The second-order valence-corrected chi connectivity index (χ2v) is 3.78. The molecule has 0 amide bonds. The van der Waals surface area contributed by atoms with E-state index in [0.29, 0.717) is 12.0 Å². The number of esters is 1. The second-order valence-electron chi connectivity index (χ2n) is 3.51. The van der Waals surface area contributed by atoms with E-state index < -0.39 is 0 Å². The summed E-state index contributed by atoms with van der Waals surface area (Å²) >= 11 is 5.61. The largest absolute Gasteiger partial charge is 0.466 e. The molecule has 0 radical (unpaired) electrons. The summed E-state index contributed by atoms with van der Waals surface area (Å²) in [6, 6.07) is 0. The lowest BCUT2D eigenvalue weighted by atomic mass is 10.1. The Balaban J connectivity index is 3.63. The molecule has 0 saturated carbocycles. The van der Waals surface area contributed by atoms with Gasteiger partial charge in [-0.2, -0.15) is 0 Å². The number of rotatable bonds is 9. The Kier molecular flexibility index (Phi) is 10.1. The van der Waals surface area contributed by atoms with Gasteiger partial charge in [0.15, 0.2) is 0 Å². The summed E-state index contributed by atoms with van der Waals surface area (Å²) in [6.07, 6.45) is 8.34. The highest BCUT2D eigenvalue weighted by molar-refractivity contribution is 6.22. The third-order valence-corrected chi connectivity index (χ3v) is 2.55. The predicted molar refractivity (Wildman–Crippen MR) is 64.6 cm³/mol. The summed E-state index contributed by atoms with van der Waals surface area (Å²) in [7, 11) is 1.35. The van der Waals surface area contributed by atoms with E-state index in [1.165, 1.54) is 7.11 Å². The molecule has 4 heteroatoms. The monoisotopic (exact) mass is 246 g/mol. The number of unbranched alkanes of at least 4 members (excludes halogenated alkanes) is 5. The standard InChI is InChI=1S/C12H19ClO3/c1-16-12(15)11(10-13)8-6-4-2-3-5-7-9-14/h8-9H,2-7,10H2,1H3/b11-8+. The minimum Gasteiger partial charge on any atom is -0.466 e. The van der Waals surface area contributed by atoms with Crippen molar-refractivity contribution in [3.8, 4) is 0 Å². The first-order valence-electron chi connectivity index (χ1n) is 5.53. The number of hydrogen-bond acceptors (Lipinski definition) is 3. The molecule has 16 heavy (non-hydrogen) atoms. The van der Waals surface area contributed by atoms with Gasteiger partial charge in [0.25, 0.3) is 0 Å². The molecule has 0 unspecified atom stereocenters. The van der Waals surface area contributed by atoms with Gasteiger partial charge in [0.1, 0.15) is 6.29 Å². The van der Waals surface area contributed by atoms with Crippen molar-refractivity contribution in [2.75, 3.05) is 13.0 Å². The van der Waals surface area contributed by atoms with Crippen molar-refractivity contribution in [1.82, 2.24) is 0 Å². The first kappa shape index (κ1) is 15.2. The predicted octanol–water partition coefficient (Wildman–Crippen LogP) is 2.86. The number of carbonyl (C=O) groups excluding carboxylic acids is 2. The van der Waals surface area contributed by atoms with E-state index >= 15 is 0 Å². The molecule has 0 rings (SSSR count). The summed E-state index contributed by atoms with van der Waals surface area (Å²) in [6.45, 7) is 0. The van der Waals surface area contributed by atoms with E-state index in [1.807, 2.05) is 6.08 Å². The van der Waals surface area contributed by atoms with Gasteiger partial charge in [-0.15, -0.1) is 11.6 Å². The van der Waals surface area contributed by atoms with Crippen molar-refractivity contribution in [1.29, 1.82) is 0 Å². The van der Waals surface area contributed by atoms with E-state index in [1.54, 1.807) is 0 Å². The Morgan fingerprint density at radius 1 is 1.19 bits per heavy atom. The Morgan fingerprint density at radius 3 is 2.31 bits per heavy atom. The fourth-order valence-electron chi connectivity index (χ4n) is 1.33. The van der Waals surface area contributed by atoms with Crippen molar-refractivity contribution in [3.05, 3.63) is 11.6 Å². The molecule has 0 aliphatic rings. The molecule has 0 fully saturated rings. The van der Waals surface area contributed by atoms with Gasteiger partial charge in [0.05, 0.1) is 13.0 Å². The van der Waals surface area contributed by atoms with Crippen LogP contribution in [0.2, 0.25) is 0 Å². The SMILES string of the molecule is COC(=O)/C(=C/CCCCCCC=O)CCl. The van der Waals surface area contributed by atoms with Crippen LogP contribution in [0.5, 0.6) is 0 Å². The van der Waals surface area contributed by atoms with Gasteiger partial charge in [-0.3, -0.25) is 0 Å². The van der Waals surface area contributed by atoms with Gasteiger partial charge >= 0.3 is 5.97 Å². The van der Waals surface area contributed by atoms with Crippen molar-refractivity contribution in [2.45, 2.75) is 38.5 Å². The van der Waals surface area contributed by atoms with Crippen LogP contribution in [0, 0.1) is 0 Å². The van der Waals surface area contributed by atoms with Crippen molar-refractivity contribution < 1.29 is 14.3 Å². The van der Waals surface area contributed by atoms with Gasteiger partial charge in [-0.05, 0) is 19.3 Å². The average Bonchev–Trinajstić information content (AvgIpc) is 2.32. The Labute approximate surface area is 102 Å².